The molecular weight excluding hydrogens is 124 g/mol. The molecule has 0 aromatic rings. The summed E-state index contributed by atoms with van der Waals surface area (Å²) in [6.45, 7) is 0.189. The van der Waals surface area contributed by atoms with Crippen LogP contribution in [0.4, 0.5) is 4.79 Å². The fourth-order valence-corrected chi connectivity index (χ4v) is 0.547. The van der Waals surface area contributed by atoms with Crippen molar-refractivity contribution in [2.45, 2.75) is 6.10 Å². The number of cyclic esters (lactones) is 1. The highest BCUT2D eigenvalue weighted by Gasteiger charge is 2.26. The summed E-state index contributed by atoms with van der Waals surface area (Å²) in [5.41, 5.74) is 4.80. The second-order valence-corrected chi connectivity index (χ2v) is 1.68. The highest BCUT2D eigenvalue weighted by Crippen LogP contribution is 1.97. The molecule has 1 unspecified atom stereocenters. The molecule has 0 spiro atoms. The van der Waals surface area contributed by atoms with Crippen molar-refractivity contribution in [3.05, 3.63) is 0 Å². The first-order valence-corrected chi connectivity index (χ1v) is 2.44. The second-order valence-electron chi connectivity index (χ2n) is 1.68. The second kappa shape index (κ2) is 1.93. The molecule has 2 amide bonds. The number of ether oxygens (including phenoxy) is 1. The summed E-state index contributed by atoms with van der Waals surface area (Å²) in [7, 11) is 0. The Kier molecular flexibility index (Phi) is 1.26. The monoisotopic (exact) mass is 130 g/mol. The van der Waals surface area contributed by atoms with Crippen LogP contribution in [0.5, 0.6) is 0 Å². The molecule has 1 atom stereocenters. The fourth-order valence-electron chi connectivity index (χ4n) is 0.547. The van der Waals surface area contributed by atoms with Crippen molar-refractivity contribution in [1.29, 1.82) is 0 Å². The number of amides is 2. The highest BCUT2D eigenvalue weighted by atomic mass is 16.6. The number of nitrogens with two attached hydrogens (primary N) is 1. The molecule has 0 aromatic heterocycles. The lowest BCUT2D eigenvalue weighted by Crippen LogP contribution is -2.31. The summed E-state index contributed by atoms with van der Waals surface area (Å²) in [5.74, 6) is -0.617. The number of primary amides is 1. The number of hydrogen-bond acceptors (Lipinski definition) is 3. The first kappa shape index (κ1) is 5.87. The molecule has 50 valence electrons. The van der Waals surface area contributed by atoms with Gasteiger partial charge in [0.15, 0.2) is 6.10 Å². The zero-order chi connectivity index (χ0) is 6.85. The molecule has 1 aliphatic rings. The van der Waals surface area contributed by atoms with E-state index < -0.39 is 18.1 Å². The van der Waals surface area contributed by atoms with Gasteiger partial charge in [-0.25, -0.2) is 4.79 Å². The Bertz CT molecular complexity index is 156. The Balaban J connectivity index is 2.48. The first-order valence-electron chi connectivity index (χ1n) is 2.44. The van der Waals surface area contributed by atoms with Crippen LogP contribution in [0.1, 0.15) is 0 Å². The smallest absolute Gasteiger partial charge is 0.408 e. The van der Waals surface area contributed by atoms with E-state index in [2.05, 4.69) is 10.1 Å². The fraction of sp³-hybridized carbons (Fsp3) is 0.500. The highest BCUT2D eigenvalue weighted by molar-refractivity contribution is 5.84. The first-order chi connectivity index (χ1) is 4.20. The zero-order valence-electron chi connectivity index (χ0n) is 4.59. The molecule has 1 aliphatic heterocycles. The maximum absolute atomic E-state index is 10.3. The SMILES string of the molecule is NC(=O)C1CNC(=O)O1. The van der Waals surface area contributed by atoms with Crippen LogP contribution in [0.3, 0.4) is 0 Å². The predicted octanol–water partition coefficient (Wildman–Crippen LogP) is -1.42. The summed E-state index contributed by atoms with van der Waals surface area (Å²) in [6.07, 6.45) is -1.36. The minimum absolute atomic E-state index is 0.189. The molecule has 9 heavy (non-hydrogen) atoms. The number of carbonyl (C=O) groups is 2. The Morgan fingerprint density at radius 2 is 2.56 bits per heavy atom. The van der Waals surface area contributed by atoms with Gasteiger partial charge in [-0.05, 0) is 0 Å². The molecule has 0 radical (unpaired) electrons. The third-order valence-electron chi connectivity index (χ3n) is 0.998. The lowest BCUT2D eigenvalue weighted by molar-refractivity contribution is -0.124. The van der Waals surface area contributed by atoms with Crippen LogP contribution in [0, 0.1) is 0 Å². The van der Waals surface area contributed by atoms with E-state index in [0.29, 0.717) is 0 Å². The third-order valence-corrected chi connectivity index (χ3v) is 0.998. The van der Waals surface area contributed by atoms with Crippen molar-refractivity contribution < 1.29 is 14.3 Å². The molecule has 0 bridgehead atoms. The van der Waals surface area contributed by atoms with Crippen LogP contribution in [0.15, 0.2) is 0 Å². The minimum atomic E-state index is -0.780. The Labute approximate surface area is 51.2 Å². The van der Waals surface area contributed by atoms with Crippen molar-refractivity contribution in [2.24, 2.45) is 5.73 Å². The quantitative estimate of drug-likeness (QED) is 0.457. The summed E-state index contributed by atoms with van der Waals surface area (Å²) in [5, 5.41) is 2.29. The lowest BCUT2D eigenvalue weighted by atomic mass is 10.3. The van der Waals surface area contributed by atoms with E-state index in [4.69, 9.17) is 5.73 Å². The summed E-state index contributed by atoms with van der Waals surface area (Å²) >= 11 is 0. The Morgan fingerprint density at radius 1 is 1.89 bits per heavy atom. The normalized spacial score (nSPS) is 24.9. The largest absolute Gasteiger partial charge is 0.434 e. The van der Waals surface area contributed by atoms with Crippen molar-refractivity contribution in [2.75, 3.05) is 6.54 Å². The van der Waals surface area contributed by atoms with Crippen LogP contribution < -0.4 is 11.1 Å². The van der Waals surface area contributed by atoms with Crippen molar-refractivity contribution in [3.8, 4) is 0 Å². The average molecular weight is 130 g/mol. The van der Waals surface area contributed by atoms with Crippen LogP contribution in [-0.4, -0.2) is 24.6 Å². The van der Waals surface area contributed by atoms with Gasteiger partial charge in [0, 0.05) is 0 Å². The molecule has 1 fully saturated rings. The number of hydrogen-bond donors (Lipinski definition) is 2. The molecule has 0 aliphatic carbocycles. The zero-order valence-corrected chi connectivity index (χ0v) is 4.59. The lowest BCUT2D eigenvalue weighted by Gasteiger charge is -1.98. The van der Waals surface area contributed by atoms with Gasteiger partial charge in [-0.2, -0.15) is 0 Å². The van der Waals surface area contributed by atoms with E-state index in [0.717, 1.165) is 0 Å². The average Bonchev–Trinajstić information content (AvgIpc) is 2.14. The van der Waals surface area contributed by atoms with E-state index in [1.54, 1.807) is 0 Å². The van der Waals surface area contributed by atoms with E-state index >= 15 is 0 Å². The predicted molar refractivity (Wildman–Crippen MR) is 27.5 cm³/mol. The number of carbonyl (C=O) groups excluding carboxylic acids is 2. The van der Waals surface area contributed by atoms with Crippen molar-refractivity contribution in [1.82, 2.24) is 5.32 Å². The molecule has 5 nitrogen and oxygen atoms in total. The molecule has 1 heterocycles. The van der Waals surface area contributed by atoms with Gasteiger partial charge in [0.05, 0.1) is 6.54 Å². The van der Waals surface area contributed by atoms with Gasteiger partial charge >= 0.3 is 6.09 Å². The van der Waals surface area contributed by atoms with Crippen LogP contribution in [0.2, 0.25) is 0 Å². The van der Waals surface area contributed by atoms with E-state index in [9.17, 15) is 9.59 Å². The van der Waals surface area contributed by atoms with Crippen molar-refractivity contribution in [3.63, 3.8) is 0 Å². The van der Waals surface area contributed by atoms with Gasteiger partial charge in [-0.1, -0.05) is 0 Å². The van der Waals surface area contributed by atoms with Gasteiger partial charge in [0.2, 0.25) is 0 Å². The number of alkyl carbamates (subject to hydrolysis) is 1. The topological polar surface area (TPSA) is 81.4 Å². The molecule has 1 rings (SSSR count). The molecule has 5 heteroatoms. The molecule has 3 N–H and O–H groups in total. The van der Waals surface area contributed by atoms with Crippen LogP contribution in [-0.2, 0) is 9.53 Å². The van der Waals surface area contributed by atoms with Gasteiger partial charge in [-0.3, -0.25) is 4.79 Å². The summed E-state index contributed by atoms with van der Waals surface area (Å²) in [6, 6.07) is 0. The third kappa shape index (κ3) is 1.10. The number of nitrogens with one attached hydrogen (secondary N) is 1. The van der Waals surface area contributed by atoms with Gasteiger partial charge < -0.3 is 15.8 Å². The van der Waals surface area contributed by atoms with Crippen molar-refractivity contribution >= 4 is 12.0 Å². The van der Waals surface area contributed by atoms with E-state index in [1.165, 1.54) is 0 Å². The van der Waals surface area contributed by atoms with Gasteiger partial charge in [0.1, 0.15) is 0 Å². The van der Waals surface area contributed by atoms with Crippen LogP contribution in [0.25, 0.3) is 0 Å². The minimum Gasteiger partial charge on any atom is -0.434 e. The van der Waals surface area contributed by atoms with E-state index in [-0.39, 0.29) is 6.54 Å². The summed E-state index contributed by atoms with van der Waals surface area (Å²) < 4.78 is 4.40. The summed E-state index contributed by atoms with van der Waals surface area (Å²) in [4.78, 5) is 20.5. The number of rotatable bonds is 1. The maximum atomic E-state index is 10.3. The standard InChI is InChI=1S/C4H6N2O3/c5-3(7)2-1-6-4(8)9-2/h2H,1H2,(H2,5,7)(H,6,8). The molecule has 0 saturated carbocycles. The van der Waals surface area contributed by atoms with Gasteiger partial charge in [0.25, 0.3) is 5.91 Å². The van der Waals surface area contributed by atoms with Crippen LogP contribution >= 0.6 is 0 Å². The van der Waals surface area contributed by atoms with Gasteiger partial charge in [-0.15, -0.1) is 0 Å². The molecule has 1 saturated heterocycles. The molecular formula is C4H6N2O3. The Hall–Kier alpha value is -1.26. The maximum Gasteiger partial charge on any atom is 0.408 e. The Morgan fingerprint density at radius 3 is 2.78 bits per heavy atom. The van der Waals surface area contributed by atoms with E-state index in [1.807, 2.05) is 0 Å². The molecule has 0 aromatic carbocycles.